The van der Waals surface area contributed by atoms with Crippen LogP contribution in [0.3, 0.4) is 0 Å². The molecule has 86 valence electrons. The van der Waals surface area contributed by atoms with Gasteiger partial charge in [-0.05, 0) is 31.6 Å². The zero-order valence-electron chi connectivity index (χ0n) is 10.4. The average Bonchev–Trinajstić information content (AvgIpc) is 2.26. The van der Waals surface area contributed by atoms with Crippen LogP contribution < -0.4 is 0 Å². The maximum atomic E-state index is 9.44. The van der Waals surface area contributed by atoms with Crippen molar-refractivity contribution in [2.45, 2.75) is 38.6 Å². The summed E-state index contributed by atoms with van der Waals surface area (Å²) in [5, 5.41) is 9.44. The molecule has 0 spiro atoms. The quantitative estimate of drug-likeness (QED) is 0.743. The minimum Gasteiger partial charge on any atom is -0.396 e. The van der Waals surface area contributed by atoms with Crippen molar-refractivity contribution in [2.24, 2.45) is 0 Å². The molecule has 0 N–H and O–H groups in total. The third-order valence-electron chi connectivity index (χ3n) is 2.40. The molecule has 0 heterocycles. The lowest BCUT2D eigenvalue weighted by Crippen LogP contribution is -2.39. The highest BCUT2D eigenvalue weighted by Gasteiger charge is 2.36. The zero-order chi connectivity index (χ0) is 12.2. The lowest BCUT2D eigenvalue weighted by molar-refractivity contribution is 0.114. The third kappa shape index (κ3) is 2.94. The summed E-state index contributed by atoms with van der Waals surface area (Å²) in [4.78, 5) is 0. The van der Waals surface area contributed by atoms with E-state index >= 15 is 0 Å². The summed E-state index contributed by atoms with van der Waals surface area (Å²) < 4.78 is 6.09. The Kier molecular flexibility index (Phi) is 3.90. The Labute approximate surface area is 99.0 Å². The van der Waals surface area contributed by atoms with Gasteiger partial charge < -0.3 is 4.43 Å². The van der Waals surface area contributed by atoms with Crippen molar-refractivity contribution in [3.63, 3.8) is 0 Å². The SMILES string of the molecule is CC[C@](C#N)(O[Si](C)(C)C)c1ccccc1. The Morgan fingerprint density at radius 3 is 2.19 bits per heavy atom. The molecule has 0 aliphatic heterocycles. The average molecular weight is 233 g/mol. The Morgan fingerprint density at radius 1 is 1.25 bits per heavy atom. The smallest absolute Gasteiger partial charge is 0.186 e. The molecule has 1 aromatic carbocycles. The van der Waals surface area contributed by atoms with Crippen molar-refractivity contribution in [1.29, 1.82) is 5.26 Å². The number of nitrogens with zero attached hydrogens (tertiary/aromatic N) is 1. The van der Waals surface area contributed by atoms with Crippen molar-refractivity contribution in [2.75, 3.05) is 0 Å². The Morgan fingerprint density at radius 2 is 1.81 bits per heavy atom. The molecule has 0 aliphatic rings. The van der Waals surface area contributed by atoms with Gasteiger partial charge in [0.15, 0.2) is 13.9 Å². The normalized spacial score (nSPS) is 15.2. The first-order valence-electron chi connectivity index (χ1n) is 5.60. The van der Waals surface area contributed by atoms with Crippen LogP contribution in [0.2, 0.25) is 19.6 Å². The molecule has 0 unspecified atom stereocenters. The lowest BCUT2D eigenvalue weighted by atomic mass is 9.93. The summed E-state index contributed by atoms with van der Waals surface area (Å²) in [6, 6.07) is 12.1. The summed E-state index contributed by atoms with van der Waals surface area (Å²) in [5.74, 6) is 0. The lowest BCUT2D eigenvalue weighted by Gasteiger charge is -2.33. The molecule has 1 rings (SSSR count). The summed E-state index contributed by atoms with van der Waals surface area (Å²) in [5.41, 5.74) is 0.188. The van der Waals surface area contributed by atoms with Gasteiger partial charge >= 0.3 is 0 Å². The predicted molar refractivity (Wildman–Crippen MR) is 68.5 cm³/mol. The first-order valence-corrected chi connectivity index (χ1v) is 9.01. The van der Waals surface area contributed by atoms with E-state index in [9.17, 15) is 5.26 Å². The van der Waals surface area contributed by atoms with Gasteiger partial charge in [-0.25, -0.2) is 0 Å². The largest absolute Gasteiger partial charge is 0.396 e. The van der Waals surface area contributed by atoms with Gasteiger partial charge in [0.05, 0.1) is 0 Å². The summed E-state index contributed by atoms with van der Waals surface area (Å²) >= 11 is 0. The van der Waals surface area contributed by atoms with Gasteiger partial charge in [0, 0.05) is 0 Å². The van der Waals surface area contributed by atoms with Gasteiger partial charge in [0.25, 0.3) is 0 Å². The summed E-state index contributed by atoms with van der Waals surface area (Å²) in [7, 11) is -1.74. The molecule has 0 fully saturated rings. The van der Waals surface area contributed by atoms with Gasteiger partial charge in [-0.1, -0.05) is 37.3 Å². The molecular formula is C13H19NOSi. The van der Waals surface area contributed by atoms with Gasteiger partial charge in [-0.3, -0.25) is 0 Å². The Bertz CT molecular complexity index is 377. The molecule has 0 saturated heterocycles. The Hall–Kier alpha value is -1.11. The molecule has 1 atom stereocenters. The fourth-order valence-electron chi connectivity index (χ4n) is 1.73. The number of hydrogen-bond acceptors (Lipinski definition) is 2. The molecule has 0 amide bonds. The van der Waals surface area contributed by atoms with E-state index in [1.807, 2.05) is 37.3 Å². The molecule has 0 radical (unpaired) electrons. The van der Waals surface area contributed by atoms with Crippen LogP contribution in [0.5, 0.6) is 0 Å². The monoisotopic (exact) mass is 233 g/mol. The van der Waals surface area contributed by atoms with Crippen LogP contribution in [-0.2, 0) is 10.0 Å². The van der Waals surface area contributed by atoms with Crippen molar-refractivity contribution in [3.05, 3.63) is 35.9 Å². The molecular weight excluding hydrogens is 214 g/mol. The van der Waals surface area contributed by atoms with Crippen LogP contribution in [0.4, 0.5) is 0 Å². The van der Waals surface area contributed by atoms with Crippen molar-refractivity contribution < 1.29 is 4.43 Å². The minimum absolute atomic E-state index is 0.678. The highest BCUT2D eigenvalue weighted by molar-refractivity contribution is 6.69. The molecule has 1 aromatic rings. The van der Waals surface area contributed by atoms with E-state index in [1.165, 1.54) is 0 Å². The van der Waals surface area contributed by atoms with Gasteiger partial charge in [-0.15, -0.1) is 0 Å². The first kappa shape index (κ1) is 13.0. The van der Waals surface area contributed by atoms with E-state index in [-0.39, 0.29) is 0 Å². The molecule has 0 aliphatic carbocycles. The van der Waals surface area contributed by atoms with Crippen molar-refractivity contribution in [1.82, 2.24) is 0 Å². The number of benzene rings is 1. The molecule has 0 aromatic heterocycles. The standard InChI is InChI=1S/C13H19NOSi/c1-5-13(11-14,15-16(2,3)4)12-9-7-6-8-10-12/h6-10H,5H2,1-4H3/t13-/m1/s1. The maximum Gasteiger partial charge on any atom is 0.186 e. The van der Waals surface area contributed by atoms with E-state index in [0.717, 1.165) is 5.56 Å². The molecule has 0 bridgehead atoms. The van der Waals surface area contributed by atoms with Crippen molar-refractivity contribution >= 4 is 8.32 Å². The van der Waals surface area contributed by atoms with E-state index in [0.29, 0.717) is 6.42 Å². The zero-order valence-corrected chi connectivity index (χ0v) is 11.4. The van der Waals surface area contributed by atoms with E-state index < -0.39 is 13.9 Å². The van der Waals surface area contributed by atoms with Crippen LogP contribution in [0.15, 0.2) is 30.3 Å². The Balaban J connectivity index is 3.13. The second-order valence-corrected chi connectivity index (χ2v) is 9.30. The second-order valence-electron chi connectivity index (χ2n) is 4.87. The fourth-order valence-corrected chi connectivity index (χ4v) is 3.08. The van der Waals surface area contributed by atoms with E-state index in [4.69, 9.17) is 4.43 Å². The second kappa shape index (κ2) is 4.81. The van der Waals surface area contributed by atoms with E-state index in [1.54, 1.807) is 0 Å². The molecule has 3 heteroatoms. The minimum atomic E-state index is -1.74. The summed E-state index contributed by atoms with van der Waals surface area (Å²) in [6.07, 6.45) is 0.678. The van der Waals surface area contributed by atoms with Crippen LogP contribution in [0.25, 0.3) is 0 Å². The van der Waals surface area contributed by atoms with Gasteiger partial charge in [-0.2, -0.15) is 5.26 Å². The van der Waals surface area contributed by atoms with Crippen LogP contribution >= 0.6 is 0 Å². The molecule has 16 heavy (non-hydrogen) atoms. The number of hydrogen-bond donors (Lipinski definition) is 0. The first-order chi connectivity index (χ1) is 7.43. The highest BCUT2D eigenvalue weighted by atomic mass is 28.4. The van der Waals surface area contributed by atoms with E-state index in [2.05, 4.69) is 25.7 Å². The number of rotatable bonds is 4. The topological polar surface area (TPSA) is 33.0 Å². The third-order valence-corrected chi connectivity index (χ3v) is 3.36. The van der Waals surface area contributed by atoms with Crippen LogP contribution in [0, 0.1) is 11.3 Å². The highest BCUT2D eigenvalue weighted by Crippen LogP contribution is 2.32. The van der Waals surface area contributed by atoms with Crippen molar-refractivity contribution in [3.8, 4) is 6.07 Å². The maximum absolute atomic E-state index is 9.44. The van der Waals surface area contributed by atoms with Gasteiger partial charge in [0.1, 0.15) is 6.07 Å². The van der Waals surface area contributed by atoms with Crippen LogP contribution in [-0.4, -0.2) is 8.32 Å². The summed E-state index contributed by atoms with van der Waals surface area (Å²) in [6.45, 7) is 8.32. The number of nitriles is 1. The predicted octanol–water partition coefficient (Wildman–Crippen LogP) is 3.67. The molecule has 0 saturated carbocycles. The fraction of sp³-hybridized carbons (Fsp3) is 0.462. The van der Waals surface area contributed by atoms with Crippen LogP contribution in [0.1, 0.15) is 18.9 Å². The molecule has 2 nitrogen and oxygen atoms in total. The van der Waals surface area contributed by atoms with Gasteiger partial charge in [0.2, 0.25) is 0 Å².